The molecule has 6 nitrogen and oxygen atoms in total. The number of hydrazone groups is 1. The molecule has 0 bridgehead atoms. The predicted octanol–water partition coefficient (Wildman–Crippen LogP) is 3.89. The van der Waals surface area contributed by atoms with Crippen molar-refractivity contribution in [2.45, 2.75) is 19.8 Å². The van der Waals surface area contributed by atoms with Gasteiger partial charge < -0.3 is 14.5 Å². The number of benzene rings is 1. The minimum absolute atomic E-state index is 0.311. The Labute approximate surface area is 164 Å². The number of nitrogens with one attached hydrogen (secondary N) is 2. The maximum absolute atomic E-state index is 11.9. The highest BCUT2D eigenvalue weighted by Crippen LogP contribution is 2.22. The molecule has 0 spiro atoms. The average Bonchev–Trinajstić information content (AvgIpc) is 3.15. The lowest BCUT2D eigenvalue weighted by molar-refractivity contribution is 0.0500. The first-order valence-corrected chi connectivity index (χ1v) is 9.10. The fourth-order valence-corrected chi connectivity index (χ4v) is 2.24. The smallest absolute Gasteiger partial charge is 0.338 e. The Morgan fingerprint density at radius 3 is 2.78 bits per heavy atom. The maximum Gasteiger partial charge on any atom is 0.338 e. The molecule has 2 N–H and O–H groups in total. The van der Waals surface area contributed by atoms with Gasteiger partial charge in [0.05, 0.1) is 18.4 Å². The van der Waals surface area contributed by atoms with Crippen molar-refractivity contribution >= 4 is 29.5 Å². The zero-order valence-electron chi connectivity index (χ0n) is 15.2. The lowest BCUT2D eigenvalue weighted by atomic mass is 10.1. The Hall–Kier alpha value is -2.93. The van der Waals surface area contributed by atoms with Crippen LogP contribution in [0, 0.1) is 0 Å². The first-order chi connectivity index (χ1) is 13.1. The van der Waals surface area contributed by atoms with Crippen LogP contribution in [0.4, 0.5) is 0 Å². The van der Waals surface area contributed by atoms with Crippen LogP contribution in [0.2, 0.25) is 0 Å². The third-order valence-corrected chi connectivity index (χ3v) is 3.76. The van der Waals surface area contributed by atoms with Crippen molar-refractivity contribution in [1.82, 2.24) is 10.7 Å². The van der Waals surface area contributed by atoms with Crippen LogP contribution in [0.1, 0.15) is 35.9 Å². The number of furan rings is 1. The summed E-state index contributed by atoms with van der Waals surface area (Å²) in [6.45, 7) is 6.65. The van der Waals surface area contributed by atoms with Gasteiger partial charge in [0.25, 0.3) is 0 Å². The highest BCUT2D eigenvalue weighted by Gasteiger charge is 2.09. The molecule has 0 aliphatic carbocycles. The number of esters is 1. The van der Waals surface area contributed by atoms with Gasteiger partial charge in [-0.15, -0.1) is 6.58 Å². The summed E-state index contributed by atoms with van der Waals surface area (Å²) in [5.74, 6) is 0.941. The summed E-state index contributed by atoms with van der Waals surface area (Å²) in [4.78, 5) is 11.9. The number of hydrogen-bond donors (Lipinski definition) is 2. The van der Waals surface area contributed by atoms with Crippen LogP contribution in [0.3, 0.4) is 0 Å². The van der Waals surface area contributed by atoms with Crippen molar-refractivity contribution in [3.05, 3.63) is 60.4 Å². The van der Waals surface area contributed by atoms with Gasteiger partial charge in [0.2, 0.25) is 0 Å². The molecule has 0 saturated carbocycles. The lowest BCUT2D eigenvalue weighted by Gasteiger charge is -2.04. The molecular weight excluding hydrogens is 362 g/mol. The molecule has 142 valence electrons. The first kappa shape index (κ1) is 20.4. The molecule has 0 radical (unpaired) electrons. The molecule has 1 aromatic carbocycles. The molecule has 0 saturated heterocycles. The molecule has 2 rings (SSSR count). The van der Waals surface area contributed by atoms with Crippen LogP contribution >= 0.6 is 12.2 Å². The Kier molecular flexibility index (Phi) is 8.25. The zero-order valence-corrected chi connectivity index (χ0v) is 16.1. The largest absolute Gasteiger partial charge is 0.462 e. The Bertz CT molecular complexity index is 797. The summed E-state index contributed by atoms with van der Waals surface area (Å²) in [6.07, 6.45) is 5.09. The predicted molar refractivity (Wildman–Crippen MR) is 111 cm³/mol. The molecule has 0 fully saturated rings. The van der Waals surface area contributed by atoms with E-state index in [-0.39, 0.29) is 5.97 Å². The van der Waals surface area contributed by atoms with Gasteiger partial charge in [-0.25, -0.2) is 4.79 Å². The van der Waals surface area contributed by atoms with Gasteiger partial charge in [-0.05, 0) is 42.9 Å². The van der Waals surface area contributed by atoms with E-state index in [0.717, 1.165) is 18.4 Å². The summed E-state index contributed by atoms with van der Waals surface area (Å²) in [5, 5.41) is 7.31. The summed E-state index contributed by atoms with van der Waals surface area (Å²) in [5.41, 5.74) is 4.06. The van der Waals surface area contributed by atoms with Crippen molar-refractivity contribution < 1.29 is 13.9 Å². The molecule has 1 heterocycles. The molecule has 27 heavy (non-hydrogen) atoms. The lowest BCUT2D eigenvalue weighted by Crippen LogP contribution is -2.31. The van der Waals surface area contributed by atoms with E-state index in [4.69, 9.17) is 21.4 Å². The van der Waals surface area contributed by atoms with E-state index in [9.17, 15) is 4.79 Å². The third-order valence-electron chi connectivity index (χ3n) is 3.53. The van der Waals surface area contributed by atoms with E-state index in [0.29, 0.717) is 35.3 Å². The maximum atomic E-state index is 11.9. The third kappa shape index (κ3) is 6.71. The number of ether oxygens (including phenoxy) is 1. The molecule has 0 aliphatic rings. The molecule has 0 amide bonds. The second-order valence-electron chi connectivity index (χ2n) is 5.64. The first-order valence-electron chi connectivity index (χ1n) is 8.69. The number of carbonyl (C=O) groups is 1. The van der Waals surface area contributed by atoms with Crippen LogP contribution in [0.5, 0.6) is 0 Å². The van der Waals surface area contributed by atoms with Gasteiger partial charge in [-0.1, -0.05) is 31.6 Å². The topological polar surface area (TPSA) is 75.9 Å². The van der Waals surface area contributed by atoms with Crippen LogP contribution in [0.25, 0.3) is 11.3 Å². The summed E-state index contributed by atoms with van der Waals surface area (Å²) >= 11 is 5.03. The van der Waals surface area contributed by atoms with E-state index in [1.165, 1.54) is 6.21 Å². The van der Waals surface area contributed by atoms with Gasteiger partial charge in [0.15, 0.2) is 5.11 Å². The molecular formula is C20H23N3O3S. The van der Waals surface area contributed by atoms with Crippen molar-refractivity contribution in [1.29, 1.82) is 0 Å². The van der Waals surface area contributed by atoms with Gasteiger partial charge in [-0.3, -0.25) is 5.43 Å². The summed E-state index contributed by atoms with van der Waals surface area (Å²) in [7, 11) is 0. The quantitative estimate of drug-likeness (QED) is 0.170. The van der Waals surface area contributed by atoms with Crippen LogP contribution < -0.4 is 10.7 Å². The fourth-order valence-electron chi connectivity index (χ4n) is 2.10. The van der Waals surface area contributed by atoms with E-state index >= 15 is 0 Å². The molecule has 0 aliphatic heterocycles. The SMILES string of the molecule is C=CCNC(=S)N/N=C\c1ccc(-c2ccc(C(=O)OCCCC)cc2)o1. The number of unbranched alkanes of at least 4 members (excludes halogenated alkanes) is 1. The van der Waals surface area contributed by atoms with Crippen molar-refractivity contribution in [3.8, 4) is 11.3 Å². The van der Waals surface area contributed by atoms with Gasteiger partial charge >= 0.3 is 5.97 Å². The monoisotopic (exact) mass is 385 g/mol. The second kappa shape index (κ2) is 10.9. The minimum atomic E-state index is -0.311. The molecule has 0 unspecified atom stereocenters. The number of rotatable bonds is 9. The number of nitrogens with zero attached hydrogens (tertiary/aromatic N) is 1. The number of carbonyl (C=O) groups excluding carboxylic acids is 1. The zero-order chi connectivity index (χ0) is 19.5. The highest BCUT2D eigenvalue weighted by molar-refractivity contribution is 7.80. The highest BCUT2D eigenvalue weighted by atomic mass is 32.1. The van der Waals surface area contributed by atoms with Gasteiger partial charge in [0.1, 0.15) is 11.5 Å². The van der Waals surface area contributed by atoms with Crippen molar-refractivity contribution in [3.63, 3.8) is 0 Å². The van der Waals surface area contributed by atoms with Crippen LogP contribution in [0.15, 0.2) is 58.6 Å². The van der Waals surface area contributed by atoms with Gasteiger partial charge in [-0.2, -0.15) is 5.10 Å². The second-order valence-corrected chi connectivity index (χ2v) is 6.05. The molecule has 2 aromatic rings. The molecule has 1 aromatic heterocycles. The Balaban J connectivity index is 1.92. The van der Waals surface area contributed by atoms with Gasteiger partial charge in [0, 0.05) is 12.1 Å². The Morgan fingerprint density at radius 1 is 1.30 bits per heavy atom. The van der Waals surface area contributed by atoms with Crippen molar-refractivity contribution in [2.75, 3.05) is 13.2 Å². The normalized spacial score (nSPS) is 10.6. The summed E-state index contributed by atoms with van der Waals surface area (Å²) < 4.78 is 10.9. The Morgan fingerprint density at radius 2 is 2.07 bits per heavy atom. The fraction of sp³-hybridized carbons (Fsp3) is 0.250. The summed E-state index contributed by atoms with van der Waals surface area (Å²) in [6, 6.07) is 10.7. The van der Waals surface area contributed by atoms with E-state index < -0.39 is 0 Å². The standard InChI is InChI=1S/C20H23N3O3S/c1-3-5-13-25-19(24)16-8-6-15(7-9-16)18-11-10-17(26-18)14-22-23-20(27)21-12-4-2/h4,6-11,14H,2-3,5,12-13H2,1H3,(H2,21,23,27)/b22-14-. The van der Waals surface area contributed by atoms with E-state index in [1.807, 2.05) is 18.2 Å². The van der Waals surface area contributed by atoms with Crippen LogP contribution in [-0.2, 0) is 4.74 Å². The average molecular weight is 385 g/mol. The minimum Gasteiger partial charge on any atom is -0.462 e. The van der Waals surface area contributed by atoms with Crippen LogP contribution in [-0.4, -0.2) is 30.4 Å². The van der Waals surface area contributed by atoms with E-state index in [2.05, 4.69) is 29.3 Å². The van der Waals surface area contributed by atoms with Crippen molar-refractivity contribution in [2.24, 2.45) is 5.10 Å². The molecule has 0 atom stereocenters. The molecule has 7 heteroatoms. The van der Waals surface area contributed by atoms with E-state index in [1.54, 1.807) is 24.3 Å². The number of hydrogen-bond acceptors (Lipinski definition) is 5. The number of thiocarbonyl (C=S) groups is 1.